The Labute approximate surface area is 130 Å². The van der Waals surface area contributed by atoms with Crippen LogP contribution in [0.2, 0.25) is 0 Å². The average Bonchev–Trinajstić information content (AvgIpc) is 2.37. The van der Waals surface area contributed by atoms with Crippen molar-refractivity contribution in [2.75, 3.05) is 5.75 Å². The molecule has 1 aromatic carbocycles. The van der Waals surface area contributed by atoms with Crippen LogP contribution in [0.3, 0.4) is 0 Å². The van der Waals surface area contributed by atoms with Crippen molar-refractivity contribution in [3.05, 3.63) is 35.9 Å². The number of benzene rings is 1. The van der Waals surface area contributed by atoms with Gasteiger partial charge >= 0.3 is 5.97 Å². The minimum Gasteiger partial charge on any atom is -0.481 e. The molecule has 0 saturated heterocycles. The van der Waals surface area contributed by atoms with Crippen molar-refractivity contribution in [1.82, 2.24) is 5.32 Å². The zero-order chi connectivity index (χ0) is 15.9. The molecule has 116 valence electrons. The zero-order valence-electron chi connectivity index (χ0n) is 12.8. The third-order valence-electron chi connectivity index (χ3n) is 3.10. The summed E-state index contributed by atoms with van der Waals surface area (Å²) in [6.07, 6.45) is -0.0570. The fourth-order valence-corrected chi connectivity index (χ4v) is 2.62. The van der Waals surface area contributed by atoms with Crippen molar-refractivity contribution >= 4 is 23.6 Å². The van der Waals surface area contributed by atoms with Crippen LogP contribution in [0.15, 0.2) is 30.3 Å². The van der Waals surface area contributed by atoms with Gasteiger partial charge in [-0.1, -0.05) is 51.1 Å². The van der Waals surface area contributed by atoms with Gasteiger partial charge in [0.1, 0.15) is 0 Å². The zero-order valence-corrected chi connectivity index (χ0v) is 13.6. The topological polar surface area (TPSA) is 66.4 Å². The van der Waals surface area contributed by atoms with E-state index in [-0.39, 0.29) is 23.8 Å². The summed E-state index contributed by atoms with van der Waals surface area (Å²) < 4.78 is 0. The highest BCUT2D eigenvalue weighted by Crippen LogP contribution is 2.22. The molecule has 0 spiro atoms. The number of amides is 1. The first kappa shape index (κ1) is 17.6. The van der Waals surface area contributed by atoms with Crippen molar-refractivity contribution in [2.45, 2.75) is 39.0 Å². The molecular formula is C16H23NO3S. The molecule has 1 atom stereocenters. The minimum absolute atomic E-state index is 0.0570. The molecule has 0 fully saturated rings. The largest absolute Gasteiger partial charge is 0.481 e. The highest BCUT2D eigenvalue weighted by molar-refractivity contribution is 7.99. The highest BCUT2D eigenvalue weighted by atomic mass is 32.2. The van der Waals surface area contributed by atoms with Crippen LogP contribution in [0.1, 0.15) is 32.8 Å². The van der Waals surface area contributed by atoms with Gasteiger partial charge in [0, 0.05) is 11.8 Å². The summed E-state index contributed by atoms with van der Waals surface area (Å²) in [5.41, 5.74) is 0.895. The van der Waals surface area contributed by atoms with E-state index < -0.39 is 5.97 Å². The number of carboxylic acid groups (broad SMARTS) is 1. The van der Waals surface area contributed by atoms with Crippen molar-refractivity contribution in [3.8, 4) is 0 Å². The Kier molecular flexibility index (Phi) is 6.75. The molecule has 1 amide bonds. The molecule has 0 bridgehead atoms. The van der Waals surface area contributed by atoms with Crippen LogP contribution in [0.25, 0.3) is 0 Å². The van der Waals surface area contributed by atoms with Crippen molar-refractivity contribution in [2.24, 2.45) is 5.41 Å². The van der Waals surface area contributed by atoms with Gasteiger partial charge in [0.2, 0.25) is 5.91 Å². The number of carboxylic acids is 1. The van der Waals surface area contributed by atoms with Crippen LogP contribution in [0, 0.1) is 5.41 Å². The molecule has 1 aromatic rings. The first-order valence-electron chi connectivity index (χ1n) is 6.92. The number of thioether (sulfide) groups is 1. The summed E-state index contributed by atoms with van der Waals surface area (Å²) in [5, 5.41) is 11.8. The molecule has 0 aliphatic rings. The van der Waals surface area contributed by atoms with Gasteiger partial charge in [0.15, 0.2) is 0 Å². The van der Waals surface area contributed by atoms with E-state index in [0.717, 1.165) is 5.75 Å². The molecule has 1 unspecified atom stereocenters. The molecule has 2 N–H and O–H groups in total. The number of aliphatic carboxylic acids is 1. The molecule has 0 heterocycles. The molecule has 0 radical (unpaired) electrons. The second kappa shape index (κ2) is 8.08. The van der Waals surface area contributed by atoms with E-state index in [1.165, 1.54) is 17.3 Å². The standard InChI is InChI=1S/C16H23NO3S/c1-16(2,3)13(9-15(19)20)17-14(18)11-21-10-12-7-5-4-6-8-12/h4-8,13H,9-11H2,1-3H3,(H,17,18)(H,19,20). The number of carbonyl (C=O) groups is 2. The van der Waals surface area contributed by atoms with Gasteiger partial charge in [-0.15, -0.1) is 11.8 Å². The molecule has 5 heteroatoms. The van der Waals surface area contributed by atoms with Crippen LogP contribution in [0.5, 0.6) is 0 Å². The van der Waals surface area contributed by atoms with E-state index in [0.29, 0.717) is 5.75 Å². The smallest absolute Gasteiger partial charge is 0.305 e. The highest BCUT2D eigenvalue weighted by Gasteiger charge is 2.28. The molecule has 4 nitrogen and oxygen atoms in total. The van der Waals surface area contributed by atoms with E-state index >= 15 is 0 Å². The van der Waals surface area contributed by atoms with E-state index in [1.807, 2.05) is 51.1 Å². The van der Waals surface area contributed by atoms with E-state index in [9.17, 15) is 9.59 Å². The molecular weight excluding hydrogens is 286 g/mol. The molecule has 0 aliphatic carbocycles. The van der Waals surface area contributed by atoms with E-state index in [4.69, 9.17) is 5.11 Å². The van der Waals surface area contributed by atoms with E-state index in [1.54, 1.807) is 0 Å². The van der Waals surface area contributed by atoms with Crippen LogP contribution in [-0.2, 0) is 15.3 Å². The fourth-order valence-electron chi connectivity index (χ4n) is 1.82. The van der Waals surface area contributed by atoms with Gasteiger partial charge in [-0.25, -0.2) is 0 Å². The van der Waals surface area contributed by atoms with Gasteiger partial charge in [0.25, 0.3) is 0 Å². The summed E-state index contributed by atoms with van der Waals surface area (Å²) in [6.45, 7) is 5.79. The summed E-state index contributed by atoms with van der Waals surface area (Å²) in [5.74, 6) is 0.0957. The van der Waals surface area contributed by atoms with Gasteiger partial charge in [-0.05, 0) is 11.0 Å². The fraction of sp³-hybridized carbons (Fsp3) is 0.500. The average molecular weight is 309 g/mol. The number of hydrogen-bond acceptors (Lipinski definition) is 3. The lowest BCUT2D eigenvalue weighted by Gasteiger charge is -2.30. The Bertz CT molecular complexity index is 468. The predicted molar refractivity (Wildman–Crippen MR) is 86.2 cm³/mol. The first-order chi connectivity index (χ1) is 9.79. The minimum atomic E-state index is -0.896. The summed E-state index contributed by atoms with van der Waals surface area (Å²) in [4.78, 5) is 22.8. The number of hydrogen-bond donors (Lipinski definition) is 2. The van der Waals surface area contributed by atoms with E-state index in [2.05, 4.69) is 5.32 Å². The van der Waals surface area contributed by atoms with Crippen LogP contribution >= 0.6 is 11.8 Å². The van der Waals surface area contributed by atoms with Gasteiger partial charge in [-0.2, -0.15) is 0 Å². The quantitative estimate of drug-likeness (QED) is 0.812. The maximum Gasteiger partial charge on any atom is 0.305 e. The molecule has 1 rings (SSSR count). The number of carbonyl (C=O) groups excluding carboxylic acids is 1. The Balaban J connectivity index is 2.42. The van der Waals surface area contributed by atoms with Crippen LogP contribution in [0.4, 0.5) is 0 Å². The van der Waals surface area contributed by atoms with Crippen molar-refractivity contribution in [3.63, 3.8) is 0 Å². The van der Waals surface area contributed by atoms with Gasteiger partial charge in [0.05, 0.1) is 12.2 Å². The second-order valence-electron chi connectivity index (χ2n) is 6.06. The van der Waals surface area contributed by atoms with Gasteiger partial charge in [-0.3, -0.25) is 9.59 Å². The van der Waals surface area contributed by atoms with Gasteiger partial charge < -0.3 is 10.4 Å². The number of rotatable bonds is 7. The Hall–Kier alpha value is -1.49. The molecule has 0 aromatic heterocycles. The predicted octanol–water partition coefficient (Wildman–Crippen LogP) is 2.93. The molecule has 0 aliphatic heterocycles. The molecule has 0 saturated carbocycles. The summed E-state index contributed by atoms with van der Waals surface area (Å²) >= 11 is 1.53. The Morgan fingerprint density at radius 3 is 2.38 bits per heavy atom. The summed E-state index contributed by atoms with van der Waals surface area (Å²) in [7, 11) is 0. The maximum absolute atomic E-state index is 11.9. The van der Waals surface area contributed by atoms with Crippen LogP contribution < -0.4 is 5.32 Å². The maximum atomic E-state index is 11.9. The Morgan fingerprint density at radius 1 is 1.24 bits per heavy atom. The normalized spacial score (nSPS) is 12.7. The third-order valence-corrected chi connectivity index (χ3v) is 4.11. The monoisotopic (exact) mass is 309 g/mol. The van der Waals surface area contributed by atoms with Crippen molar-refractivity contribution in [1.29, 1.82) is 0 Å². The molecule has 21 heavy (non-hydrogen) atoms. The SMILES string of the molecule is CC(C)(C)C(CC(=O)O)NC(=O)CSCc1ccccc1. The lowest BCUT2D eigenvalue weighted by atomic mass is 9.85. The summed E-state index contributed by atoms with van der Waals surface area (Å²) in [6, 6.07) is 9.58. The first-order valence-corrected chi connectivity index (χ1v) is 8.07. The lowest BCUT2D eigenvalue weighted by Crippen LogP contribution is -2.45. The Morgan fingerprint density at radius 2 is 1.86 bits per heavy atom. The van der Waals surface area contributed by atoms with Crippen molar-refractivity contribution < 1.29 is 14.7 Å². The lowest BCUT2D eigenvalue weighted by molar-refractivity contribution is -0.138. The number of nitrogens with one attached hydrogen (secondary N) is 1. The van der Waals surface area contributed by atoms with Crippen LogP contribution in [-0.4, -0.2) is 28.8 Å². The third kappa shape index (κ3) is 7.18. The second-order valence-corrected chi connectivity index (χ2v) is 7.05.